The van der Waals surface area contributed by atoms with E-state index >= 15 is 0 Å². The molecule has 1 atom stereocenters. The lowest BCUT2D eigenvalue weighted by Crippen LogP contribution is -2.42. The van der Waals surface area contributed by atoms with Crippen molar-refractivity contribution in [3.63, 3.8) is 0 Å². The average molecular weight is 341 g/mol. The molecule has 0 aromatic heterocycles. The Morgan fingerprint density at radius 3 is 2.17 bits per heavy atom. The van der Waals surface area contributed by atoms with Gasteiger partial charge in [-0.25, -0.2) is 0 Å². The molecular weight excluding hydrogens is 318 g/mol. The molecule has 2 aromatic carbocycles. The number of nitrogens with zero attached hydrogens (tertiary/aromatic N) is 1. The normalized spacial score (nSPS) is 16.8. The quantitative estimate of drug-likeness (QED) is 0.838. The Labute approximate surface area is 146 Å². The summed E-state index contributed by atoms with van der Waals surface area (Å²) in [6.45, 7) is 1.25. The monoisotopic (exact) mass is 341 g/mol. The third-order valence-corrected chi connectivity index (χ3v) is 5.82. The molecule has 1 aliphatic heterocycles. The van der Waals surface area contributed by atoms with Gasteiger partial charge in [-0.2, -0.15) is 0 Å². The second-order valence-corrected chi connectivity index (χ2v) is 7.93. The van der Waals surface area contributed by atoms with Crippen molar-refractivity contribution in [1.29, 1.82) is 0 Å². The van der Waals surface area contributed by atoms with Crippen LogP contribution in [-0.2, 0) is 22.0 Å². The number of rotatable bonds is 5. The predicted octanol–water partition coefficient (Wildman–Crippen LogP) is 2.99. The lowest BCUT2D eigenvalue weighted by molar-refractivity contribution is -0.131. The first kappa shape index (κ1) is 16.9. The highest BCUT2D eigenvalue weighted by Gasteiger charge is 2.24. The van der Waals surface area contributed by atoms with Crippen LogP contribution >= 0.6 is 0 Å². The van der Waals surface area contributed by atoms with Gasteiger partial charge in [0.15, 0.2) is 0 Å². The highest BCUT2D eigenvalue weighted by molar-refractivity contribution is 7.85. The number of hydrogen-bond acceptors (Lipinski definition) is 2. The Morgan fingerprint density at radius 2 is 1.54 bits per heavy atom. The maximum Gasteiger partial charge on any atom is 0.223 e. The number of benzene rings is 2. The van der Waals surface area contributed by atoms with Crippen LogP contribution < -0.4 is 0 Å². The van der Waals surface area contributed by atoms with E-state index in [1.54, 1.807) is 0 Å². The summed E-state index contributed by atoms with van der Waals surface area (Å²) in [5, 5.41) is 0. The van der Waals surface area contributed by atoms with Crippen LogP contribution in [-0.4, -0.2) is 39.6 Å². The van der Waals surface area contributed by atoms with Crippen molar-refractivity contribution in [2.75, 3.05) is 24.6 Å². The zero-order valence-corrected chi connectivity index (χ0v) is 14.6. The molecule has 2 aromatic rings. The van der Waals surface area contributed by atoms with E-state index in [-0.39, 0.29) is 11.8 Å². The molecule has 0 bridgehead atoms. The molecule has 3 rings (SSSR count). The largest absolute Gasteiger partial charge is 0.341 e. The number of hydrogen-bond donors (Lipinski definition) is 0. The summed E-state index contributed by atoms with van der Waals surface area (Å²) in [7, 11) is -0.751. The zero-order chi connectivity index (χ0) is 16.8. The molecule has 0 spiro atoms. The summed E-state index contributed by atoms with van der Waals surface area (Å²) in [6, 6.07) is 20.6. The minimum atomic E-state index is -0.751. The molecular formula is C20H23NO2S. The zero-order valence-electron chi connectivity index (χ0n) is 13.8. The molecule has 0 radical (unpaired) electrons. The molecule has 1 aliphatic rings. The molecule has 126 valence electrons. The molecule has 1 heterocycles. The molecule has 1 fully saturated rings. The Balaban J connectivity index is 1.72. The fourth-order valence-corrected chi connectivity index (χ4v) is 4.21. The van der Waals surface area contributed by atoms with E-state index in [1.165, 1.54) is 11.1 Å². The van der Waals surface area contributed by atoms with E-state index < -0.39 is 10.8 Å². The Bertz CT molecular complexity index is 677. The first-order valence-electron chi connectivity index (χ1n) is 8.44. The van der Waals surface area contributed by atoms with Gasteiger partial charge in [0.25, 0.3) is 0 Å². The predicted molar refractivity (Wildman–Crippen MR) is 98.4 cm³/mol. The van der Waals surface area contributed by atoms with Gasteiger partial charge in [-0.1, -0.05) is 60.7 Å². The minimum absolute atomic E-state index is 0.175. The fourth-order valence-electron chi connectivity index (χ4n) is 3.16. The van der Waals surface area contributed by atoms with Crippen molar-refractivity contribution in [3.05, 3.63) is 71.8 Å². The van der Waals surface area contributed by atoms with Gasteiger partial charge in [-0.3, -0.25) is 9.00 Å². The van der Waals surface area contributed by atoms with Gasteiger partial charge in [-0.05, 0) is 23.5 Å². The van der Waals surface area contributed by atoms with Crippen molar-refractivity contribution in [2.45, 2.75) is 18.8 Å². The van der Waals surface area contributed by atoms with Crippen LogP contribution in [0.3, 0.4) is 0 Å². The molecule has 0 aliphatic carbocycles. The molecule has 0 saturated carbocycles. The van der Waals surface area contributed by atoms with Gasteiger partial charge in [0, 0.05) is 41.8 Å². The van der Waals surface area contributed by atoms with E-state index in [9.17, 15) is 9.00 Å². The van der Waals surface area contributed by atoms with Crippen LogP contribution in [0.5, 0.6) is 0 Å². The lowest BCUT2D eigenvalue weighted by Gasteiger charge is -2.28. The fraction of sp³-hybridized carbons (Fsp3) is 0.350. The molecule has 0 N–H and O–H groups in total. The van der Waals surface area contributed by atoms with Crippen molar-refractivity contribution >= 4 is 16.7 Å². The van der Waals surface area contributed by atoms with E-state index in [0.29, 0.717) is 31.0 Å². The molecule has 1 amide bonds. The molecule has 0 unspecified atom stereocenters. The second kappa shape index (κ2) is 8.25. The lowest BCUT2D eigenvalue weighted by atomic mass is 9.89. The van der Waals surface area contributed by atoms with Gasteiger partial charge in [0.1, 0.15) is 0 Å². The molecule has 24 heavy (non-hydrogen) atoms. The van der Waals surface area contributed by atoms with Gasteiger partial charge in [0.05, 0.1) is 0 Å². The van der Waals surface area contributed by atoms with Gasteiger partial charge < -0.3 is 4.90 Å². The first-order chi connectivity index (χ1) is 11.7. The van der Waals surface area contributed by atoms with Gasteiger partial charge in [0.2, 0.25) is 5.91 Å². The average Bonchev–Trinajstić information content (AvgIpc) is 2.63. The number of carbonyl (C=O) groups excluding carboxylic acids is 1. The van der Waals surface area contributed by atoms with E-state index in [4.69, 9.17) is 0 Å². The Morgan fingerprint density at radius 1 is 0.958 bits per heavy atom. The SMILES string of the molecule is O=C(C[C@@H](Cc1ccccc1)c1ccccc1)N1CCS(=O)CC1. The first-order valence-corrected chi connectivity index (χ1v) is 9.93. The molecule has 4 heteroatoms. The van der Waals surface area contributed by atoms with Crippen LogP contribution in [0.15, 0.2) is 60.7 Å². The maximum atomic E-state index is 12.7. The van der Waals surface area contributed by atoms with Crippen molar-refractivity contribution in [1.82, 2.24) is 4.90 Å². The third-order valence-electron chi connectivity index (χ3n) is 4.55. The van der Waals surface area contributed by atoms with E-state index in [0.717, 1.165) is 6.42 Å². The van der Waals surface area contributed by atoms with Gasteiger partial charge in [-0.15, -0.1) is 0 Å². The van der Waals surface area contributed by atoms with Crippen molar-refractivity contribution in [3.8, 4) is 0 Å². The molecule has 1 saturated heterocycles. The maximum absolute atomic E-state index is 12.7. The van der Waals surface area contributed by atoms with E-state index in [1.807, 2.05) is 41.3 Å². The second-order valence-electron chi connectivity index (χ2n) is 6.23. The standard InChI is InChI=1S/C20H23NO2S/c22-20(21-11-13-24(23)14-12-21)16-19(18-9-5-2-6-10-18)15-17-7-3-1-4-8-17/h1-10,19H,11-16H2/t19-/m1/s1. The summed E-state index contributed by atoms with van der Waals surface area (Å²) in [4.78, 5) is 14.6. The topological polar surface area (TPSA) is 37.4 Å². The summed E-state index contributed by atoms with van der Waals surface area (Å²) in [6.07, 6.45) is 1.36. The summed E-state index contributed by atoms with van der Waals surface area (Å²) < 4.78 is 11.5. The van der Waals surface area contributed by atoms with Gasteiger partial charge >= 0.3 is 0 Å². The number of amides is 1. The Kier molecular flexibility index (Phi) is 5.81. The van der Waals surface area contributed by atoms with Crippen LogP contribution in [0.25, 0.3) is 0 Å². The third kappa shape index (κ3) is 4.54. The minimum Gasteiger partial charge on any atom is -0.341 e. The summed E-state index contributed by atoms with van der Waals surface area (Å²) in [5.41, 5.74) is 2.45. The van der Waals surface area contributed by atoms with E-state index in [2.05, 4.69) is 24.3 Å². The number of carbonyl (C=O) groups is 1. The smallest absolute Gasteiger partial charge is 0.223 e. The Hall–Kier alpha value is -1.94. The van der Waals surface area contributed by atoms with Crippen LogP contribution in [0.1, 0.15) is 23.5 Å². The van der Waals surface area contributed by atoms with Crippen LogP contribution in [0.2, 0.25) is 0 Å². The van der Waals surface area contributed by atoms with Crippen LogP contribution in [0, 0.1) is 0 Å². The van der Waals surface area contributed by atoms with Crippen molar-refractivity contribution < 1.29 is 9.00 Å². The summed E-state index contributed by atoms with van der Waals surface area (Å²) >= 11 is 0. The highest BCUT2D eigenvalue weighted by atomic mass is 32.2. The summed E-state index contributed by atoms with van der Waals surface area (Å²) in [5.74, 6) is 1.57. The van der Waals surface area contributed by atoms with Crippen molar-refractivity contribution in [2.24, 2.45) is 0 Å². The van der Waals surface area contributed by atoms with Crippen LogP contribution in [0.4, 0.5) is 0 Å². The molecule has 3 nitrogen and oxygen atoms in total. The highest BCUT2D eigenvalue weighted by Crippen LogP contribution is 2.25.